The lowest BCUT2D eigenvalue weighted by molar-refractivity contribution is 0.173. The van der Waals surface area contributed by atoms with Crippen molar-refractivity contribution in [2.75, 3.05) is 0 Å². The van der Waals surface area contributed by atoms with E-state index < -0.39 is 0 Å². The lowest BCUT2D eigenvalue weighted by Gasteiger charge is -2.24. The van der Waals surface area contributed by atoms with E-state index in [0.717, 1.165) is 26.9 Å². The maximum Gasteiger partial charge on any atom is 0.148 e. The van der Waals surface area contributed by atoms with Gasteiger partial charge in [0, 0.05) is 15.9 Å². The van der Waals surface area contributed by atoms with Crippen LogP contribution >= 0.6 is 34.5 Å². The Kier molecular flexibility index (Phi) is 5.33. The summed E-state index contributed by atoms with van der Waals surface area (Å²) < 4.78 is 6.86. The molecular formula is C15H17Cl2NOS. The molecule has 0 radical (unpaired) electrons. The molecule has 5 heteroatoms. The zero-order valence-electron chi connectivity index (χ0n) is 11.4. The largest absolute Gasteiger partial charge is 0.483 e. The third kappa shape index (κ3) is 3.67. The summed E-state index contributed by atoms with van der Waals surface area (Å²) in [5.74, 6) is 0.760. The van der Waals surface area contributed by atoms with Crippen molar-refractivity contribution in [2.24, 2.45) is 5.73 Å². The van der Waals surface area contributed by atoms with Gasteiger partial charge in [-0.2, -0.15) is 0 Å². The molecule has 2 N–H and O–H groups in total. The highest BCUT2D eigenvalue weighted by molar-refractivity contribution is 7.16. The van der Waals surface area contributed by atoms with Gasteiger partial charge in [-0.05, 0) is 43.2 Å². The minimum absolute atomic E-state index is 0.0944. The van der Waals surface area contributed by atoms with Gasteiger partial charge in [0.15, 0.2) is 0 Å². The van der Waals surface area contributed by atoms with E-state index in [-0.39, 0.29) is 12.1 Å². The lowest BCUT2D eigenvalue weighted by atomic mass is 10.1. The molecule has 2 aromatic rings. The second-order valence-corrected chi connectivity index (χ2v) is 6.85. The van der Waals surface area contributed by atoms with Gasteiger partial charge < -0.3 is 10.5 Å². The summed E-state index contributed by atoms with van der Waals surface area (Å²) in [6.07, 6.45) is 0.606. The van der Waals surface area contributed by atoms with Crippen LogP contribution in [-0.2, 0) is 0 Å². The average molecular weight is 330 g/mol. The Balaban J connectivity index is 2.30. The molecule has 2 rings (SSSR count). The van der Waals surface area contributed by atoms with Crippen LogP contribution in [0.1, 0.15) is 29.9 Å². The molecule has 1 heterocycles. The second-order valence-electron chi connectivity index (χ2n) is 4.66. The van der Waals surface area contributed by atoms with Crippen molar-refractivity contribution in [1.29, 1.82) is 0 Å². The monoisotopic (exact) mass is 329 g/mol. The molecule has 0 fully saturated rings. The Bertz CT molecular complexity index is 585. The van der Waals surface area contributed by atoms with Crippen LogP contribution in [0.25, 0.3) is 0 Å². The SMILES string of the molecule is CCC(N)C(Oc1cc(Cl)ccc1C)c1ccc(Cl)s1. The Hall–Kier alpha value is -0.740. The number of nitrogens with two attached hydrogens (primary N) is 1. The molecule has 0 aliphatic heterocycles. The molecular weight excluding hydrogens is 313 g/mol. The number of aryl methyl sites for hydroxylation is 1. The normalized spacial score (nSPS) is 14.1. The molecule has 0 spiro atoms. The molecule has 2 unspecified atom stereocenters. The van der Waals surface area contributed by atoms with Crippen LogP contribution in [0.4, 0.5) is 0 Å². The zero-order valence-corrected chi connectivity index (χ0v) is 13.7. The van der Waals surface area contributed by atoms with Gasteiger partial charge in [-0.1, -0.05) is 36.2 Å². The number of benzene rings is 1. The molecule has 1 aromatic carbocycles. The molecule has 108 valence electrons. The van der Waals surface area contributed by atoms with Crippen LogP contribution in [0.2, 0.25) is 9.36 Å². The van der Waals surface area contributed by atoms with Crippen molar-refractivity contribution in [3.8, 4) is 5.75 Å². The summed E-state index contributed by atoms with van der Waals surface area (Å²) >= 11 is 13.5. The third-order valence-electron chi connectivity index (χ3n) is 3.14. The van der Waals surface area contributed by atoms with Crippen LogP contribution < -0.4 is 10.5 Å². The molecule has 1 aromatic heterocycles. The zero-order chi connectivity index (χ0) is 14.7. The van der Waals surface area contributed by atoms with Crippen LogP contribution in [0, 0.1) is 6.92 Å². The van der Waals surface area contributed by atoms with Gasteiger partial charge in [-0.3, -0.25) is 0 Å². The Morgan fingerprint density at radius 1 is 1.25 bits per heavy atom. The standard InChI is InChI=1S/C15H17Cl2NOS/c1-3-11(18)15(13-6-7-14(17)20-13)19-12-8-10(16)5-4-9(12)2/h4-8,11,15H,3,18H2,1-2H3. The van der Waals surface area contributed by atoms with Crippen molar-refractivity contribution in [3.63, 3.8) is 0 Å². The number of thiophene rings is 1. The topological polar surface area (TPSA) is 35.2 Å². The van der Waals surface area contributed by atoms with Crippen molar-refractivity contribution >= 4 is 34.5 Å². The number of halogens is 2. The summed E-state index contributed by atoms with van der Waals surface area (Å²) in [5, 5.41) is 0.652. The van der Waals surface area contributed by atoms with Gasteiger partial charge in [-0.15, -0.1) is 11.3 Å². The van der Waals surface area contributed by atoms with Crippen molar-refractivity contribution in [3.05, 3.63) is 50.1 Å². The van der Waals surface area contributed by atoms with Gasteiger partial charge in [-0.25, -0.2) is 0 Å². The first-order valence-corrected chi connectivity index (χ1v) is 8.02. The Labute approximate surface area is 133 Å². The van der Waals surface area contributed by atoms with Gasteiger partial charge in [0.25, 0.3) is 0 Å². The van der Waals surface area contributed by atoms with Crippen molar-refractivity contribution < 1.29 is 4.74 Å². The molecule has 0 aliphatic carbocycles. The van der Waals surface area contributed by atoms with Gasteiger partial charge >= 0.3 is 0 Å². The van der Waals surface area contributed by atoms with Crippen molar-refractivity contribution in [2.45, 2.75) is 32.4 Å². The van der Waals surface area contributed by atoms with E-state index in [1.807, 2.05) is 44.2 Å². The summed E-state index contributed by atoms with van der Waals surface area (Å²) in [6, 6.07) is 9.34. The maximum atomic E-state index is 6.20. The minimum Gasteiger partial charge on any atom is -0.483 e. The van der Waals surface area contributed by atoms with E-state index in [1.165, 1.54) is 11.3 Å². The van der Waals surface area contributed by atoms with Crippen LogP contribution in [0.15, 0.2) is 30.3 Å². The molecule has 2 nitrogen and oxygen atoms in total. The Morgan fingerprint density at radius 2 is 2.00 bits per heavy atom. The first-order chi connectivity index (χ1) is 9.51. The second kappa shape index (κ2) is 6.81. The van der Waals surface area contributed by atoms with Crippen LogP contribution in [0.3, 0.4) is 0 Å². The van der Waals surface area contributed by atoms with E-state index in [1.54, 1.807) is 0 Å². The van der Waals surface area contributed by atoms with Gasteiger partial charge in [0.1, 0.15) is 11.9 Å². The fraction of sp³-hybridized carbons (Fsp3) is 0.333. The van der Waals surface area contributed by atoms with E-state index >= 15 is 0 Å². The summed E-state index contributed by atoms with van der Waals surface area (Å²) in [5.41, 5.74) is 7.23. The summed E-state index contributed by atoms with van der Waals surface area (Å²) in [7, 11) is 0. The first-order valence-electron chi connectivity index (χ1n) is 6.45. The summed E-state index contributed by atoms with van der Waals surface area (Å²) in [4.78, 5) is 1.03. The molecule has 0 aliphatic rings. The number of hydrogen-bond donors (Lipinski definition) is 1. The van der Waals surface area contributed by atoms with Gasteiger partial charge in [0.05, 0.1) is 4.34 Å². The van der Waals surface area contributed by atoms with Crippen LogP contribution in [0.5, 0.6) is 5.75 Å². The number of hydrogen-bond acceptors (Lipinski definition) is 3. The lowest BCUT2D eigenvalue weighted by Crippen LogP contribution is -2.31. The maximum absolute atomic E-state index is 6.20. The highest BCUT2D eigenvalue weighted by atomic mass is 35.5. The number of ether oxygens (including phenoxy) is 1. The minimum atomic E-state index is -0.213. The Morgan fingerprint density at radius 3 is 2.60 bits per heavy atom. The molecule has 0 saturated heterocycles. The van der Waals surface area contributed by atoms with Crippen molar-refractivity contribution in [1.82, 2.24) is 0 Å². The quantitative estimate of drug-likeness (QED) is 0.815. The average Bonchev–Trinajstić information content (AvgIpc) is 2.85. The van der Waals surface area contributed by atoms with E-state index in [2.05, 4.69) is 0 Å². The van der Waals surface area contributed by atoms with Gasteiger partial charge in [0.2, 0.25) is 0 Å². The molecule has 0 amide bonds. The molecule has 0 bridgehead atoms. The van der Waals surface area contributed by atoms with E-state index in [4.69, 9.17) is 33.7 Å². The highest BCUT2D eigenvalue weighted by Crippen LogP contribution is 2.34. The van der Waals surface area contributed by atoms with E-state index in [0.29, 0.717) is 5.02 Å². The van der Waals surface area contributed by atoms with Crippen LogP contribution in [-0.4, -0.2) is 6.04 Å². The first kappa shape index (κ1) is 15.6. The molecule has 20 heavy (non-hydrogen) atoms. The molecule has 0 saturated carbocycles. The predicted octanol–water partition coefficient (Wildman–Crippen LogP) is 5.22. The summed E-state index contributed by atoms with van der Waals surface area (Å²) in [6.45, 7) is 4.03. The fourth-order valence-electron chi connectivity index (χ4n) is 1.89. The third-order valence-corrected chi connectivity index (χ3v) is 4.67. The highest BCUT2D eigenvalue weighted by Gasteiger charge is 2.23. The fourth-order valence-corrected chi connectivity index (χ4v) is 3.22. The smallest absolute Gasteiger partial charge is 0.148 e. The van der Waals surface area contributed by atoms with E-state index in [9.17, 15) is 0 Å². The molecule has 2 atom stereocenters. The number of rotatable bonds is 5. The predicted molar refractivity (Wildman–Crippen MR) is 87.2 cm³/mol.